The molecular weight excluding hydrogens is 359 g/mol. The Bertz CT molecular complexity index is 634. The first-order chi connectivity index (χ1) is 10.0. The van der Waals surface area contributed by atoms with Crippen LogP contribution in [0.3, 0.4) is 0 Å². The number of benzene rings is 2. The number of halogens is 3. The van der Waals surface area contributed by atoms with Gasteiger partial charge in [-0.3, -0.25) is 0 Å². The van der Waals surface area contributed by atoms with Crippen molar-refractivity contribution in [3.8, 4) is 11.5 Å². The average molecular weight is 374 g/mol. The molecule has 0 radical (unpaired) electrons. The molecule has 1 atom stereocenters. The van der Waals surface area contributed by atoms with Crippen LogP contribution >= 0.6 is 27.5 Å². The standard InChI is InChI=1S/C16H15BrClFO2/c1-20-15-9-13(17)16(21-2)8-12(15)14(18)7-10-4-3-5-11(19)6-10/h3-6,8-9,14H,7H2,1-2H3. The molecule has 0 saturated carbocycles. The molecule has 0 N–H and O–H groups in total. The minimum atomic E-state index is -0.344. The minimum Gasteiger partial charge on any atom is -0.496 e. The van der Waals surface area contributed by atoms with Crippen LogP contribution in [0.5, 0.6) is 11.5 Å². The topological polar surface area (TPSA) is 18.5 Å². The maximum absolute atomic E-state index is 13.2. The molecule has 1 unspecified atom stereocenters. The molecule has 112 valence electrons. The van der Waals surface area contributed by atoms with E-state index >= 15 is 0 Å². The number of hydrogen-bond acceptors (Lipinski definition) is 2. The first kappa shape index (κ1) is 16.1. The van der Waals surface area contributed by atoms with E-state index in [1.54, 1.807) is 20.3 Å². The molecule has 0 spiro atoms. The monoisotopic (exact) mass is 372 g/mol. The largest absolute Gasteiger partial charge is 0.496 e. The van der Waals surface area contributed by atoms with E-state index in [2.05, 4.69) is 15.9 Å². The molecule has 0 saturated heterocycles. The fraction of sp³-hybridized carbons (Fsp3) is 0.250. The van der Waals surface area contributed by atoms with Gasteiger partial charge in [-0.2, -0.15) is 0 Å². The van der Waals surface area contributed by atoms with Gasteiger partial charge in [0.1, 0.15) is 17.3 Å². The summed E-state index contributed by atoms with van der Waals surface area (Å²) in [6, 6.07) is 10.1. The minimum absolute atomic E-state index is 0.267. The van der Waals surface area contributed by atoms with Crippen LogP contribution in [-0.4, -0.2) is 14.2 Å². The smallest absolute Gasteiger partial charge is 0.133 e. The quantitative estimate of drug-likeness (QED) is 0.677. The molecular formula is C16H15BrClFO2. The van der Waals surface area contributed by atoms with E-state index < -0.39 is 0 Å². The molecule has 0 heterocycles. The second-order valence-electron chi connectivity index (χ2n) is 4.53. The van der Waals surface area contributed by atoms with Crippen LogP contribution in [0.4, 0.5) is 4.39 Å². The van der Waals surface area contributed by atoms with Gasteiger partial charge in [0.25, 0.3) is 0 Å². The number of hydrogen-bond donors (Lipinski definition) is 0. The predicted molar refractivity (Wildman–Crippen MR) is 85.9 cm³/mol. The molecule has 5 heteroatoms. The summed E-state index contributed by atoms with van der Waals surface area (Å²) in [4.78, 5) is 0. The van der Waals surface area contributed by atoms with Crippen LogP contribution in [0.25, 0.3) is 0 Å². The Kier molecular flexibility index (Phi) is 5.48. The molecule has 0 amide bonds. The van der Waals surface area contributed by atoms with E-state index in [9.17, 15) is 4.39 Å². The van der Waals surface area contributed by atoms with Crippen molar-refractivity contribution in [1.82, 2.24) is 0 Å². The molecule has 2 rings (SSSR count). The summed E-state index contributed by atoms with van der Waals surface area (Å²) < 4.78 is 24.7. The summed E-state index contributed by atoms with van der Waals surface area (Å²) in [5, 5.41) is -0.344. The molecule has 2 aromatic rings. The van der Waals surface area contributed by atoms with Gasteiger partial charge >= 0.3 is 0 Å². The average Bonchev–Trinajstić information content (AvgIpc) is 2.46. The van der Waals surface area contributed by atoms with Gasteiger partial charge in [0.15, 0.2) is 0 Å². The van der Waals surface area contributed by atoms with Gasteiger partial charge in [-0.1, -0.05) is 12.1 Å². The summed E-state index contributed by atoms with van der Waals surface area (Å²) in [6.07, 6.45) is 0.500. The first-order valence-electron chi connectivity index (χ1n) is 6.35. The van der Waals surface area contributed by atoms with E-state index in [4.69, 9.17) is 21.1 Å². The van der Waals surface area contributed by atoms with Crippen LogP contribution in [0.2, 0.25) is 0 Å². The van der Waals surface area contributed by atoms with Crippen LogP contribution in [0.1, 0.15) is 16.5 Å². The second kappa shape index (κ2) is 7.14. The van der Waals surface area contributed by atoms with Crippen LogP contribution in [0.15, 0.2) is 40.9 Å². The number of alkyl halides is 1. The van der Waals surface area contributed by atoms with Gasteiger partial charge in [0, 0.05) is 5.56 Å². The molecule has 0 aliphatic rings. The Morgan fingerprint density at radius 1 is 1.14 bits per heavy atom. The Balaban J connectivity index is 2.31. The predicted octanol–water partition coefficient (Wildman–Crippen LogP) is 5.13. The van der Waals surface area contributed by atoms with E-state index in [-0.39, 0.29) is 11.2 Å². The number of ether oxygens (including phenoxy) is 2. The molecule has 21 heavy (non-hydrogen) atoms. The molecule has 0 fully saturated rings. The summed E-state index contributed by atoms with van der Waals surface area (Å²) in [7, 11) is 3.18. The van der Waals surface area contributed by atoms with Gasteiger partial charge in [-0.15, -0.1) is 11.6 Å². The summed E-state index contributed by atoms with van der Waals surface area (Å²) in [5.41, 5.74) is 1.64. The van der Waals surface area contributed by atoms with Crippen molar-refractivity contribution in [2.45, 2.75) is 11.8 Å². The van der Waals surface area contributed by atoms with Crippen LogP contribution < -0.4 is 9.47 Å². The SMILES string of the molecule is COc1cc(C(Cl)Cc2cccc(F)c2)c(OC)cc1Br. The molecule has 0 aliphatic heterocycles. The maximum atomic E-state index is 13.2. The van der Waals surface area contributed by atoms with E-state index in [1.165, 1.54) is 12.1 Å². The van der Waals surface area contributed by atoms with Crippen molar-refractivity contribution >= 4 is 27.5 Å². The van der Waals surface area contributed by atoms with Crippen molar-refractivity contribution in [3.63, 3.8) is 0 Å². The van der Waals surface area contributed by atoms with Crippen LogP contribution in [-0.2, 0) is 6.42 Å². The summed E-state index contributed by atoms with van der Waals surface area (Å²) >= 11 is 9.90. The maximum Gasteiger partial charge on any atom is 0.133 e. The normalized spacial score (nSPS) is 12.0. The molecule has 2 aromatic carbocycles. The van der Waals surface area contributed by atoms with E-state index in [0.29, 0.717) is 17.9 Å². The highest BCUT2D eigenvalue weighted by Gasteiger charge is 2.17. The molecule has 0 aromatic heterocycles. The molecule has 2 nitrogen and oxygen atoms in total. The van der Waals surface area contributed by atoms with Gasteiger partial charge in [-0.05, 0) is 52.2 Å². The van der Waals surface area contributed by atoms with Gasteiger partial charge in [-0.25, -0.2) is 4.39 Å². The van der Waals surface area contributed by atoms with Crippen molar-refractivity contribution in [3.05, 3.63) is 57.8 Å². The fourth-order valence-corrected chi connectivity index (χ4v) is 2.94. The lowest BCUT2D eigenvalue weighted by molar-refractivity contribution is 0.396. The van der Waals surface area contributed by atoms with Crippen LogP contribution in [0, 0.1) is 5.82 Å². The third-order valence-electron chi connectivity index (χ3n) is 3.15. The molecule has 0 bridgehead atoms. The fourth-order valence-electron chi connectivity index (χ4n) is 2.11. The summed E-state index contributed by atoms with van der Waals surface area (Å²) in [6.45, 7) is 0. The van der Waals surface area contributed by atoms with Crippen molar-refractivity contribution in [2.24, 2.45) is 0 Å². The van der Waals surface area contributed by atoms with Gasteiger partial charge in [0.05, 0.1) is 24.1 Å². The zero-order chi connectivity index (χ0) is 15.4. The highest BCUT2D eigenvalue weighted by molar-refractivity contribution is 9.10. The zero-order valence-corrected chi connectivity index (χ0v) is 14.0. The number of methoxy groups -OCH3 is 2. The van der Waals surface area contributed by atoms with Crippen molar-refractivity contribution in [2.75, 3.05) is 14.2 Å². The lowest BCUT2D eigenvalue weighted by atomic mass is 10.0. The molecule has 0 aliphatic carbocycles. The highest BCUT2D eigenvalue weighted by atomic mass is 79.9. The van der Waals surface area contributed by atoms with Gasteiger partial charge in [0.2, 0.25) is 0 Å². The van der Waals surface area contributed by atoms with E-state index in [1.807, 2.05) is 18.2 Å². The lowest BCUT2D eigenvalue weighted by Crippen LogP contribution is -2.01. The van der Waals surface area contributed by atoms with E-state index in [0.717, 1.165) is 15.6 Å². The third kappa shape index (κ3) is 3.89. The Morgan fingerprint density at radius 3 is 2.48 bits per heavy atom. The second-order valence-corrected chi connectivity index (χ2v) is 5.91. The third-order valence-corrected chi connectivity index (χ3v) is 4.15. The highest BCUT2D eigenvalue weighted by Crippen LogP contribution is 2.39. The van der Waals surface area contributed by atoms with Gasteiger partial charge < -0.3 is 9.47 Å². The Morgan fingerprint density at radius 2 is 1.86 bits per heavy atom. The number of rotatable bonds is 5. The van der Waals surface area contributed by atoms with Crippen molar-refractivity contribution < 1.29 is 13.9 Å². The Labute approximate surface area is 137 Å². The lowest BCUT2D eigenvalue weighted by Gasteiger charge is -2.16. The van der Waals surface area contributed by atoms with Crippen molar-refractivity contribution in [1.29, 1.82) is 0 Å². The zero-order valence-electron chi connectivity index (χ0n) is 11.7. The summed E-state index contributed by atoms with van der Waals surface area (Å²) in [5.74, 6) is 1.08. The first-order valence-corrected chi connectivity index (χ1v) is 7.58. The Hall–Kier alpha value is -1.26.